The van der Waals surface area contributed by atoms with Gasteiger partial charge in [0, 0.05) is 6.54 Å². The minimum Gasteiger partial charge on any atom is -0.368 e. The van der Waals surface area contributed by atoms with Crippen molar-refractivity contribution in [2.75, 3.05) is 5.73 Å². The zero-order valence-electron chi connectivity index (χ0n) is 15.3. The molecular formula is C19H19N7OS. The maximum Gasteiger partial charge on any atom is 0.261 e. The van der Waals surface area contributed by atoms with Crippen LogP contribution in [0, 0.1) is 12.8 Å². The number of hydrogen-bond acceptors (Lipinski definition) is 7. The third kappa shape index (κ3) is 3.01. The number of hydrogen-bond donors (Lipinski definition) is 2. The van der Waals surface area contributed by atoms with Crippen molar-refractivity contribution < 1.29 is 0 Å². The van der Waals surface area contributed by atoms with Crippen LogP contribution in [0.4, 0.5) is 5.95 Å². The lowest BCUT2D eigenvalue weighted by molar-refractivity contribution is 0.581. The Morgan fingerprint density at radius 2 is 2.14 bits per heavy atom. The molecule has 4 aromatic rings. The summed E-state index contributed by atoms with van der Waals surface area (Å²) in [5.74, 6) is 2.01. The van der Waals surface area contributed by atoms with Gasteiger partial charge in [-0.25, -0.2) is 15.0 Å². The molecule has 5 rings (SSSR count). The first kappa shape index (κ1) is 17.2. The van der Waals surface area contributed by atoms with E-state index in [1.807, 2.05) is 29.7 Å². The van der Waals surface area contributed by atoms with Crippen molar-refractivity contribution in [2.45, 2.75) is 37.1 Å². The van der Waals surface area contributed by atoms with Crippen LogP contribution in [0.15, 0.2) is 34.3 Å². The molecule has 3 aromatic heterocycles. The second-order valence-corrected chi connectivity index (χ2v) is 8.10. The van der Waals surface area contributed by atoms with Crippen molar-refractivity contribution in [3.8, 4) is 0 Å². The molecule has 0 radical (unpaired) electrons. The van der Waals surface area contributed by atoms with Crippen molar-refractivity contribution in [3.05, 3.63) is 46.3 Å². The molecule has 1 fully saturated rings. The van der Waals surface area contributed by atoms with Crippen molar-refractivity contribution in [1.29, 1.82) is 0 Å². The maximum absolute atomic E-state index is 13.2. The first-order valence-corrected chi connectivity index (χ1v) is 10.2. The summed E-state index contributed by atoms with van der Waals surface area (Å²) in [6.07, 6.45) is 3.91. The highest BCUT2D eigenvalue weighted by Gasteiger charge is 2.25. The van der Waals surface area contributed by atoms with Gasteiger partial charge in [0.2, 0.25) is 5.95 Å². The van der Waals surface area contributed by atoms with Gasteiger partial charge in [0.25, 0.3) is 5.56 Å². The summed E-state index contributed by atoms with van der Waals surface area (Å²) in [4.78, 5) is 33.8. The molecule has 0 amide bonds. The van der Waals surface area contributed by atoms with Crippen LogP contribution in [0.1, 0.15) is 24.2 Å². The molecule has 0 atom stereocenters. The largest absolute Gasteiger partial charge is 0.368 e. The van der Waals surface area contributed by atoms with Crippen LogP contribution in [0.3, 0.4) is 0 Å². The zero-order chi connectivity index (χ0) is 19.3. The van der Waals surface area contributed by atoms with Gasteiger partial charge in [-0.15, -0.1) is 0 Å². The number of aromatic nitrogens is 6. The summed E-state index contributed by atoms with van der Waals surface area (Å²) < 4.78 is 1.84. The average molecular weight is 393 g/mol. The summed E-state index contributed by atoms with van der Waals surface area (Å²) >= 11 is 1.47. The first-order chi connectivity index (χ1) is 13.6. The molecule has 0 spiro atoms. The van der Waals surface area contributed by atoms with Crippen LogP contribution in [0.5, 0.6) is 0 Å². The second-order valence-electron chi connectivity index (χ2n) is 7.13. The lowest BCUT2D eigenvalue weighted by Crippen LogP contribution is -2.26. The van der Waals surface area contributed by atoms with Gasteiger partial charge in [0.1, 0.15) is 16.4 Å². The zero-order valence-corrected chi connectivity index (χ0v) is 16.2. The predicted octanol–water partition coefficient (Wildman–Crippen LogP) is 2.66. The van der Waals surface area contributed by atoms with Gasteiger partial charge in [0.05, 0.1) is 23.0 Å². The highest BCUT2D eigenvalue weighted by atomic mass is 32.2. The van der Waals surface area contributed by atoms with Crippen LogP contribution in [-0.4, -0.2) is 29.5 Å². The Morgan fingerprint density at radius 3 is 2.96 bits per heavy atom. The van der Waals surface area contributed by atoms with Crippen LogP contribution >= 0.6 is 11.8 Å². The van der Waals surface area contributed by atoms with Crippen LogP contribution in [-0.2, 0) is 12.3 Å². The molecule has 8 nitrogen and oxygen atoms in total. The van der Waals surface area contributed by atoms with E-state index in [4.69, 9.17) is 10.7 Å². The van der Waals surface area contributed by atoms with Crippen molar-refractivity contribution in [2.24, 2.45) is 5.92 Å². The fourth-order valence-corrected chi connectivity index (χ4v) is 4.32. The van der Waals surface area contributed by atoms with Gasteiger partial charge in [-0.2, -0.15) is 4.98 Å². The van der Waals surface area contributed by atoms with Gasteiger partial charge < -0.3 is 10.7 Å². The van der Waals surface area contributed by atoms with Gasteiger partial charge >= 0.3 is 0 Å². The van der Waals surface area contributed by atoms with E-state index in [-0.39, 0.29) is 11.5 Å². The molecule has 3 N–H and O–H groups in total. The number of H-pyrrole nitrogens is 1. The van der Waals surface area contributed by atoms with Gasteiger partial charge in [0.15, 0.2) is 5.65 Å². The molecule has 142 valence electrons. The van der Waals surface area contributed by atoms with Crippen molar-refractivity contribution in [1.82, 2.24) is 29.5 Å². The molecule has 1 aliphatic carbocycles. The number of nitrogen functional groups attached to an aromatic ring is 1. The van der Waals surface area contributed by atoms with Crippen molar-refractivity contribution >= 4 is 39.8 Å². The van der Waals surface area contributed by atoms with Crippen LogP contribution in [0.2, 0.25) is 0 Å². The second kappa shape index (κ2) is 6.59. The number of anilines is 1. The molecule has 1 aliphatic rings. The standard InChI is InChI=1S/C19H19N7OS/c1-10-3-2-4-12-14(10)18(27)26(7-11-5-6-11)13(23-12)8-28-17-15-16(22-9-21-15)24-19(20)25-17/h2-4,9,11H,5-8H2,1H3,(H3,20,21,22,24,25). The number of nitrogens with zero attached hydrogens (tertiary/aromatic N) is 5. The van der Waals surface area contributed by atoms with Gasteiger partial charge in [-0.05, 0) is 37.3 Å². The summed E-state index contributed by atoms with van der Waals surface area (Å²) in [7, 11) is 0. The summed E-state index contributed by atoms with van der Waals surface area (Å²) in [5.41, 5.74) is 8.83. The summed E-state index contributed by atoms with van der Waals surface area (Å²) in [6.45, 7) is 2.68. The Hall–Kier alpha value is -2.94. The monoisotopic (exact) mass is 393 g/mol. The Balaban J connectivity index is 1.57. The summed E-state index contributed by atoms with van der Waals surface area (Å²) in [6, 6.07) is 5.79. The molecule has 28 heavy (non-hydrogen) atoms. The SMILES string of the molecule is Cc1cccc2nc(CSc3nc(N)nc4[nH]cnc34)n(CC3CC3)c(=O)c12. The van der Waals surface area contributed by atoms with E-state index in [0.29, 0.717) is 33.2 Å². The minimum absolute atomic E-state index is 0.0396. The van der Waals surface area contributed by atoms with E-state index in [1.54, 1.807) is 6.33 Å². The molecule has 1 aromatic carbocycles. The first-order valence-electron chi connectivity index (χ1n) is 9.18. The van der Waals surface area contributed by atoms with Gasteiger partial charge in [-0.3, -0.25) is 9.36 Å². The maximum atomic E-state index is 13.2. The molecule has 3 heterocycles. The summed E-state index contributed by atoms with van der Waals surface area (Å²) in [5, 5.41) is 1.39. The van der Waals surface area contributed by atoms with Crippen molar-refractivity contribution in [3.63, 3.8) is 0 Å². The number of aromatic amines is 1. The molecule has 0 aliphatic heterocycles. The van der Waals surface area contributed by atoms with E-state index in [0.717, 1.165) is 23.4 Å². The van der Waals surface area contributed by atoms with E-state index < -0.39 is 0 Å². The Kier molecular flexibility index (Phi) is 4.04. The number of imidazole rings is 1. The smallest absolute Gasteiger partial charge is 0.261 e. The predicted molar refractivity (Wildman–Crippen MR) is 109 cm³/mol. The number of thioether (sulfide) groups is 1. The fourth-order valence-electron chi connectivity index (χ4n) is 3.39. The van der Waals surface area contributed by atoms with E-state index in [9.17, 15) is 4.79 Å². The van der Waals surface area contributed by atoms with Crippen LogP contribution < -0.4 is 11.3 Å². The van der Waals surface area contributed by atoms with Crippen LogP contribution in [0.25, 0.3) is 22.1 Å². The number of aryl methyl sites for hydroxylation is 1. The topological polar surface area (TPSA) is 115 Å². The van der Waals surface area contributed by atoms with E-state index in [2.05, 4.69) is 19.9 Å². The Labute approximate surface area is 164 Å². The molecule has 9 heteroatoms. The Bertz CT molecular complexity index is 1260. The highest BCUT2D eigenvalue weighted by molar-refractivity contribution is 7.98. The van der Waals surface area contributed by atoms with Gasteiger partial charge in [-0.1, -0.05) is 23.9 Å². The molecule has 0 unspecified atom stereocenters. The normalized spacial score (nSPS) is 14.2. The molecule has 1 saturated carbocycles. The number of nitrogens with two attached hydrogens (primary N) is 1. The quantitative estimate of drug-likeness (QED) is 0.395. The Morgan fingerprint density at radius 1 is 1.29 bits per heavy atom. The lowest BCUT2D eigenvalue weighted by Gasteiger charge is -2.14. The van der Waals surface area contributed by atoms with E-state index in [1.165, 1.54) is 24.6 Å². The third-order valence-corrected chi connectivity index (χ3v) is 5.97. The fraction of sp³-hybridized carbons (Fsp3) is 0.316. The third-order valence-electron chi connectivity index (χ3n) is 5.01. The number of nitrogens with one attached hydrogen (secondary N) is 1. The average Bonchev–Trinajstić information content (AvgIpc) is 3.36. The highest BCUT2D eigenvalue weighted by Crippen LogP contribution is 2.32. The number of rotatable bonds is 5. The molecule has 0 bridgehead atoms. The number of benzene rings is 1. The lowest BCUT2D eigenvalue weighted by atomic mass is 10.1. The molecular weight excluding hydrogens is 374 g/mol. The minimum atomic E-state index is 0.0396. The van der Waals surface area contributed by atoms with E-state index >= 15 is 0 Å². The number of fused-ring (bicyclic) bond motifs is 2. The molecule has 0 saturated heterocycles.